The molecule has 0 bridgehead atoms. The monoisotopic (exact) mass is 335 g/mol. The number of ether oxygens (including phenoxy) is 2. The van der Waals surface area contributed by atoms with Gasteiger partial charge in [0.05, 0.1) is 18.8 Å². The summed E-state index contributed by atoms with van der Waals surface area (Å²) < 4.78 is 11.0. The minimum Gasteiger partial charge on any atom is -0.496 e. The van der Waals surface area contributed by atoms with E-state index in [0.29, 0.717) is 17.0 Å². The Balaban J connectivity index is 1.84. The highest BCUT2D eigenvalue weighted by Gasteiger charge is 2.14. The van der Waals surface area contributed by atoms with Crippen molar-refractivity contribution in [1.82, 2.24) is 0 Å². The summed E-state index contributed by atoms with van der Waals surface area (Å²) in [5.41, 5.74) is 1.21. The molecule has 0 saturated heterocycles. The van der Waals surface area contributed by atoms with Gasteiger partial charge in [0.2, 0.25) is 0 Å². The van der Waals surface area contributed by atoms with Crippen LogP contribution in [0.5, 0.6) is 11.5 Å². The lowest BCUT2D eigenvalue weighted by Crippen LogP contribution is -2.13. The van der Waals surface area contributed by atoms with E-state index in [1.807, 2.05) is 74.5 Å². The maximum atomic E-state index is 12.7. The van der Waals surface area contributed by atoms with E-state index in [0.717, 1.165) is 16.5 Å². The van der Waals surface area contributed by atoms with Crippen LogP contribution in [0.2, 0.25) is 0 Å². The van der Waals surface area contributed by atoms with Gasteiger partial charge in [0.1, 0.15) is 11.5 Å². The van der Waals surface area contributed by atoms with Crippen LogP contribution in [0, 0.1) is 0 Å². The van der Waals surface area contributed by atoms with E-state index >= 15 is 0 Å². The Hall–Kier alpha value is -3.01. The Labute approximate surface area is 147 Å². The molecule has 3 rings (SSSR count). The predicted molar refractivity (Wildman–Crippen MR) is 101 cm³/mol. The van der Waals surface area contributed by atoms with E-state index in [1.165, 1.54) is 0 Å². The van der Waals surface area contributed by atoms with Crippen LogP contribution >= 0.6 is 0 Å². The molecule has 0 radical (unpaired) electrons. The number of nitrogens with one attached hydrogen (secondary N) is 1. The number of amides is 1. The average Bonchev–Trinajstić information content (AvgIpc) is 2.61. The van der Waals surface area contributed by atoms with Crippen LogP contribution in [0.4, 0.5) is 5.69 Å². The van der Waals surface area contributed by atoms with Crippen molar-refractivity contribution >= 4 is 22.4 Å². The third-order valence-corrected chi connectivity index (χ3v) is 3.80. The van der Waals surface area contributed by atoms with Gasteiger partial charge >= 0.3 is 0 Å². The van der Waals surface area contributed by atoms with Crippen molar-refractivity contribution in [3.05, 3.63) is 66.2 Å². The molecule has 0 aliphatic carbocycles. The summed E-state index contributed by atoms with van der Waals surface area (Å²) >= 11 is 0. The largest absolute Gasteiger partial charge is 0.496 e. The first kappa shape index (κ1) is 16.8. The maximum Gasteiger partial charge on any atom is 0.259 e. The molecule has 0 heterocycles. The molecule has 1 amide bonds. The highest BCUT2D eigenvalue weighted by Crippen LogP contribution is 2.27. The molecule has 0 aromatic heterocycles. The molecule has 4 heteroatoms. The molecule has 0 unspecified atom stereocenters. The molecule has 128 valence electrons. The lowest BCUT2D eigenvalue weighted by Gasteiger charge is -2.12. The van der Waals surface area contributed by atoms with Crippen molar-refractivity contribution in [3.8, 4) is 11.5 Å². The van der Waals surface area contributed by atoms with Gasteiger partial charge in [-0.05, 0) is 61.0 Å². The Kier molecular flexibility index (Phi) is 4.89. The number of hydrogen-bond acceptors (Lipinski definition) is 3. The first-order valence-electron chi connectivity index (χ1n) is 8.21. The number of hydrogen-bond donors (Lipinski definition) is 1. The van der Waals surface area contributed by atoms with Gasteiger partial charge in [-0.25, -0.2) is 0 Å². The fraction of sp³-hybridized carbons (Fsp3) is 0.190. The zero-order valence-electron chi connectivity index (χ0n) is 14.6. The molecule has 0 atom stereocenters. The van der Waals surface area contributed by atoms with Crippen LogP contribution in [0.15, 0.2) is 60.7 Å². The number of rotatable bonds is 5. The Morgan fingerprint density at radius 2 is 1.60 bits per heavy atom. The van der Waals surface area contributed by atoms with E-state index in [1.54, 1.807) is 7.11 Å². The standard InChI is InChI=1S/C21H21NO3/c1-14(2)25-18-10-8-17(9-11-18)22-21(23)19-12-15-6-4-5-7-16(15)13-20(19)24-3/h4-14H,1-3H3,(H,22,23). The van der Waals surface area contributed by atoms with Crippen molar-refractivity contribution in [2.24, 2.45) is 0 Å². The van der Waals surface area contributed by atoms with E-state index in [2.05, 4.69) is 5.32 Å². The van der Waals surface area contributed by atoms with Crippen LogP contribution in [0.25, 0.3) is 10.8 Å². The van der Waals surface area contributed by atoms with E-state index < -0.39 is 0 Å². The van der Waals surface area contributed by atoms with Gasteiger partial charge < -0.3 is 14.8 Å². The predicted octanol–water partition coefficient (Wildman–Crippen LogP) is 4.89. The third-order valence-electron chi connectivity index (χ3n) is 3.80. The van der Waals surface area contributed by atoms with Crippen molar-refractivity contribution in [1.29, 1.82) is 0 Å². The molecular formula is C21H21NO3. The highest BCUT2D eigenvalue weighted by atomic mass is 16.5. The van der Waals surface area contributed by atoms with Gasteiger partial charge in [0.25, 0.3) is 5.91 Å². The Morgan fingerprint density at radius 1 is 0.960 bits per heavy atom. The van der Waals surface area contributed by atoms with Gasteiger partial charge in [0.15, 0.2) is 0 Å². The minimum absolute atomic E-state index is 0.113. The molecule has 3 aromatic carbocycles. The summed E-state index contributed by atoms with van der Waals surface area (Å²) in [4.78, 5) is 12.7. The molecule has 0 aliphatic rings. The smallest absolute Gasteiger partial charge is 0.259 e. The molecule has 0 saturated carbocycles. The van der Waals surface area contributed by atoms with Gasteiger partial charge in [-0.2, -0.15) is 0 Å². The van der Waals surface area contributed by atoms with Crippen LogP contribution in [0.3, 0.4) is 0 Å². The normalized spacial score (nSPS) is 10.7. The van der Waals surface area contributed by atoms with Gasteiger partial charge in [-0.3, -0.25) is 4.79 Å². The molecule has 0 fully saturated rings. The first-order chi connectivity index (χ1) is 12.1. The molecule has 4 nitrogen and oxygen atoms in total. The molecule has 3 aromatic rings. The zero-order chi connectivity index (χ0) is 17.8. The quantitative estimate of drug-likeness (QED) is 0.722. The summed E-state index contributed by atoms with van der Waals surface area (Å²) in [5.74, 6) is 1.12. The summed E-state index contributed by atoms with van der Waals surface area (Å²) in [7, 11) is 1.57. The minimum atomic E-state index is -0.208. The molecule has 0 aliphatic heterocycles. The second-order valence-electron chi connectivity index (χ2n) is 6.04. The summed E-state index contributed by atoms with van der Waals surface area (Å²) in [6, 6.07) is 18.9. The van der Waals surface area contributed by atoms with Crippen molar-refractivity contribution < 1.29 is 14.3 Å². The van der Waals surface area contributed by atoms with Crippen molar-refractivity contribution in [2.75, 3.05) is 12.4 Å². The number of anilines is 1. The van der Waals surface area contributed by atoms with E-state index in [4.69, 9.17) is 9.47 Å². The average molecular weight is 335 g/mol. The Morgan fingerprint density at radius 3 is 2.20 bits per heavy atom. The SMILES string of the molecule is COc1cc2ccccc2cc1C(=O)Nc1ccc(OC(C)C)cc1. The number of methoxy groups -OCH3 is 1. The van der Waals surface area contributed by atoms with Gasteiger partial charge in [-0.1, -0.05) is 24.3 Å². The van der Waals surface area contributed by atoms with Gasteiger partial charge in [0, 0.05) is 5.69 Å². The summed E-state index contributed by atoms with van der Waals surface area (Å²) in [6.45, 7) is 3.95. The van der Waals surface area contributed by atoms with Crippen LogP contribution in [-0.4, -0.2) is 19.1 Å². The molecule has 0 spiro atoms. The lowest BCUT2D eigenvalue weighted by molar-refractivity contribution is 0.102. The fourth-order valence-electron chi connectivity index (χ4n) is 2.65. The van der Waals surface area contributed by atoms with E-state index in [9.17, 15) is 4.79 Å². The zero-order valence-corrected chi connectivity index (χ0v) is 14.6. The van der Waals surface area contributed by atoms with Crippen LogP contribution in [-0.2, 0) is 0 Å². The maximum absolute atomic E-state index is 12.7. The van der Waals surface area contributed by atoms with Gasteiger partial charge in [-0.15, -0.1) is 0 Å². The molecule has 1 N–H and O–H groups in total. The number of benzene rings is 3. The van der Waals surface area contributed by atoms with E-state index in [-0.39, 0.29) is 12.0 Å². The highest BCUT2D eigenvalue weighted by molar-refractivity contribution is 6.08. The summed E-state index contributed by atoms with van der Waals surface area (Å²) in [5, 5.41) is 4.93. The summed E-state index contributed by atoms with van der Waals surface area (Å²) in [6.07, 6.45) is 0.113. The number of carbonyl (C=O) groups excluding carboxylic acids is 1. The second kappa shape index (κ2) is 7.26. The number of fused-ring (bicyclic) bond motifs is 1. The first-order valence-corrected chi connectivity index (χ1v) is 8.21. The van der Waals surface area contributed by atoms with Crippen molar-refractivity contribution in [2.45, 2.75) is 20.0 Å². The second-order valence-corrected chi connectivity index (χ2v) is 6.04. The van der Waals surface area contributed by atoms with Crippen LogP contribution in [0.1, 0.15) is 24.2 Å². The molecule has 25 heavy (non-hydrogen) atoms. The Bertz CT molecular complexity index is 885. The van der Waals surface area contributed by atoms with Crippen LogP contribution < -0.4 is 14.8 Å². The topological polar surface area (TPSA) is 47.6 Å². The van der Waals surface area contributed by atoms with Crippen molar-refractivity contribution in [3.63, 3.8) is 0 Å². The lowest BCUT2D eigenvalue weighted by atomic mass is 10.1. The molecular weight excluding hydrogens is 314 g/mol. The third kappa shape index (κ3) is 3.91. The fourth-order valence-corrected chi connectivity index (χ4v) is 2.65. The number of carbonyl (C=O) groups is 1.